The molecule has 0 radical (unpaired) electrons. The van der Waals surface area contributed by atoms with Gasteiger partial charge in [0.1, 0.15) is 12.4 Å². The van der Waals surface area contributed by atoms with E-state index in [4.69, 9.17) is 41.8 Å². The van der Waals surface area contributed by atoms with Crippen LogP contribution in [0.4, 0.5) is 0 Å². The van der Waals surface area contributed by atoms with E-state index in [1.807, 2.05) is 0 Å². The average molecular weight is 505 g/mol. The molecule has 0 aliphatic heterocycles. The van der Waals surface area contributed by atoms with Crippen molar-refractivity contribution in [1.29, 1.82) is 0 Å². The first-order chi connectivity index (χ1) is 16.4. The number of Topliss-reactive ketones (excluding diaryl/α,β-unsaturated/α-hetero) is 1. The lowest BCUT2D eigenvalue weighted by Crippen LogP contribution is -2.37. The first-order valence-electron chi connectivity index (χ1n) is 10.7. The lowest BCUT2D eigenvalue weighted by molar-refractivity contribution is -0.155. The lowest BCUT2D eigenvalue weighted by Gasteiger charge is -2.32. The second-order valence-electron chi connectivity index (χ2n) is 7.98. The maximum Gasteiger partial charge on any atom is 0.308 e. The molecule has 34 heavy (non-hydrogen) atoms. The van der Waals surface area contributed by atoms with Gasteiger partial charge in [-0.05, 0) is 37.1 Å². The number of carbonyl (C=O) groups excluding carboxylic acids is 2. The number of benzene rings is 2. The highest BCUT2D eigenvalue weighted by atomic mass is 35.5. The molecule has 0 atom stereocenters. The van der Waals surface area contributed by atoms with Crippen molar-refractivity contribution in [1.82, 2.24) is 0 Å². The third-order valence-electron chi connectivity index (χ3n) is 5.69. The molecule has 1 fully saturated rings. The summed E-state index contributed by atoms with van der Waals surface area (Å²) in [6.07, 6.45) is 1.20. The minimum atomic E-state index is -0.398. The van der Waals surface area contributed by atoms with Crippen molar-refractivity contribution in [3.8, 4) is 5.75 Å². The fourth-order valence-corrected chi connectivity index (χ4v) is 4.15. The number of para-hydroxylation sites is 1. The van der Waals surface area contributed by atoms with E-state index in [9.17, 15) is 14.4 Å². The van der Waals surface area contributed by atoms with E-state index in [2.05, 4.69) is 0 Å². The van der Waals surface area contributed by atoms with Crippen LogP contribution in [0.5, 0.6) is 5.75 Å². The first kappa shape index (κ1) is 24.3. The Hall–Kier alpha value is -2.87. The number of halogens is 2. The van der Waals surface area contributed by atoms with Gasteiger partial charge in [-0.25, -0.2) is 0 Å². The van der Waals surface area contributed by atoms with Gasteiger partial charge >= 0.3 is 5.97 Å². The third-order valence-corrected chi connectivity index (χ3v) is 6.22. The first-order valence-corrected chi connectivity index (χ1v) is 11.5. The van der Waals surface area contributed by atoms with Crippen LogP contribution in [0.25, 0.3) is 11.0 Å². The van der Waals surface area contributed by atoms with Crippen LogP contribution in [0.15, 0.2) is 51.7 Å². The van der Waals surface area contributed by atoms with Crippen molar-refractivity contribution < 1.29 is 28.2 Å². The van der Waals surface area contributed by atoms with Gasteiger partial charge < -0.3 is 18.6 Å². The molecule has 1 aromatic heterocycles. The number of esters is 1. The van der Waals surface area contributed by atoms with E-state index in [0.29, 0.717) is 41.2 Å². The van der Waals surface area contributed by atoms with Crippen molar-refractivity contribution >= 4 is 45.9 Å². The van der Waals surface area contributed by atoms with Gasteiger partial charge in [-0.15, -0.1) is 0 Å². The van der Waals surface area contributed by atoms with Crippen LogP contribution in [-0.2, 0) is 20.7 Å². The molecule has 3 aromatic rings. The molecule has 0 bridgehead atoms. The summed E-state index contributed by atoms with van der Waals surface area (Å²) >= 11 is 12.2. The second-order valence-corrected chi connectivity index (χ2v) is 8.82. The Labute approximate surface area is 205 Å². The largest absolute Gasteiger partial charge is 0.491 e. The van der Waals surface area contributed by atoms with Gasteiger partial charge in [0, 0.05) is 23.1 Å². The molecule has 1 aliphatic rings. The lowest BCUT2D eigenvalue weighted by atomic mass is 9.82. The number of fused-ring (bicyclic) bond motifs is 1. The highest BCUT2D eigenvalue weighted by Crippen LogP contribution is 2.31. The Morgan fingerprint density at radius 2 is 1.88 bits per heavy atom. The fourth-order valence-electron chi connectivity index (χ4n) is 3.78. The maximum atomic E-state index is 12.9. The maximum absolute atomic E-state index is 12.9. The van der Waals surface area contributed by atoms with Crippen LogP contribution < -0.4 is 10.2 Å². The summed E-state index contributed by atoms with van der Waals surface area (Å²) in [5, 5.41) is 1.02. The van der Waals surface area contributed by atoms with Gasteiger partial charge in [-0.1, -0.05) is 35.3 Å². The van der Waals surface area contributed by atoms with Gasteiger partial charge in [-0.3, -0.25) is 14.4 Å². The molecule has 2 aromatic carbocycles. The summed E-state index contributed by atoms with van der Waals surface area (Å²) in [5.41, 5.74) is 0.420. The van der Waals surface area contributed by atoms with E-state index < -0.39 is 5.78 Å². The number of ether oxygens (including phenoxy) is 3. The summed E-state index contributed by atoms with van der Waals surface area (Å²) < 4.78 is 21.9. The van der Waals surface area contributed by atoms with Gasteiger partial charge in [0.25, 0.3) is 0 Å². The third kappa shape index (κ3) is 5.43. The molecule has 1 saturated carbocycles. The van der Waals surface area contributed by atoms with Crippen molar-refractivity contribution in [2.75, 3.05) is 20.3 Å². The van der Waals surface area contributed by atoms with Crippen LogP contribution in [0.3, 0.4) is 0 Å². The predicted octanol–water partition coefficient (Wildman–Crippen LogP) is 4.87. The zero-order chi connectivity index (χ0) is 24.2. The summed E-state index contributed by atoms with van der Waals surface area (Å²) in [5.74, 6) is -0.363. The Balaban J connectivity index is 1.39. The van der Waals surface area contributed by atoms with E-state index in [1.54, 1.807) is 36.4 Å². The minimum Gasteiger partial charge on any atom is -0.491 e. The van der Waals surface area contributed by atoms with E-state index >= 15 is 0 Å². The Morgan fingerprint density at radius 1 is 1.09 bits per heavy atom. The number of methoxy groups -OCH3 is 1. The summed E-state index contributed by atoms with van der Waals surface area (Å²) in [4.78, 5) is 36.8. The van der Waals surface area contributed by atoms with Gasteiger partial charge in [-0.2, -0.15) is 0 Å². The monoisotopic (exact) mass is 504 g/mol. The Morgan fingerprint density at radius 3 is 2.65 bits per heavy atom. The SMILES string of the molecule is COC(=O)C1CC(OCCOc2cc(Cl)ccc2CC(=O)c2cc(=O)c3cccc(Cl)c3o2)C1. The summed E-state index contributed by atoms with van der Waals surface area (Å²) in [7, 11) is 1.38. The molecular formula is C25H22Cl2O7. The number of carbonyl (C=O) groups is 2. The van der Waals surface area contributed by atoms with Crippen LogP contribution in [-0.4, -0.2) is 38.2 Å². The van der Waals surface area contributed by atoms with E-state index in [0.717, 1.165) is 0 Å². The molecule has 0 N–H and O–H groups in total. The fraction of sp³-hybridized carbons (Fsp3) is 0.320. The average Bonchev–Trinajstić information content (AvgIpc) is 2.79. The van der Waals surface area contributed by atoms with Crippen LogP contribution in [0, 0.1) is 5.92 Å². The van der Waals surface area contributed by atoms with Crippen molar-refractivity contribution in [2.45, 2.75) is 25.4 Å². The topological polar surface area (TPSA) is 92.0 Å². The molecule has 0 amide bonds. The Kier molecular flexibility index (Phi) is 7.56. The van der Waals surface area contributed by atoms with Gasteiger partial charge in [0.05, 0.1) is 36.1 Å². The molecule has 0 unspecified atom stereocenters. The molecule has 178 valence electrons. The van der Waals surface area contributed by atoms with Crippen molar-refractivity contribution in [3.05, 3.63) is 74.1 Å². The number of rotatable bonds is 9. The molecular weight excluding hydrogens is 483 g/mol. The molecule has 1 aliphatic carbocycles. The second kappa shape index (κ2) is 10.6. The zero-order valence-corrected chi connectivity index (χ0v) is 19.9. The van der Waals surface area contributed by atoms with Gasteiger partial charge in [0.15, 0.2) is 16.8 Å². The zero-order valence-electron chi connectivity index (χ0n) is 18.3. The molecule has 7 nitrogen and oxygen atoms in total. The molecule has 9 heteroatoms. The molecule has 1 heterocycles. The highest BCUT2D eigenvalue weighted by molar-refractivity contribution is 6.34. The van der Waals surface area contributed by atoms with Crippen LogP contribution >= 0.6 is 23.2 Å². The smallest absolute Gasteiger partial charge is 0.308 e. The minimum absolute atomic E-state index is 0.00395. The summed E-state index contributed by atoms with van der Waals surface area (Å²) in [6.45, 7) is 0.554. The van der Waals surface area contributed by atoms with Crippen molar-refractivity contribution in [2.24, 2.45) is 5.92 Å². The van der Waals surface area contributed by atoms with E-state index in [-0.39, 0.29) is 52.8 Å². The number of hydrogen-bond acceptors (Lipinski definition) is 7. The highest BCUT2D eigenvalue weighted by Gasteiger charge is 2.35. The Bertz CT molecular complexity index is 1280. The standard InChI is InChI=1S/C25H22Cl2O7/c1-31-25(30)15-9-17(10-15)32-7-8-33-22-12-16(26)6-5-14(22)11-21(29)23-13-20(28)18-3-2-4-19(27)24(18)34-23/h2-6,12-13,15,17H,7-11H2,1H3. The number of hydrogen-bond donors (Lipinski definition) is 0. The number of ketones is 1. The quantitative estimate of drug-likeness (QED) is 0.233. The summed E-state index contributed by atoms with van der Waals surface area (Å²) in [6, 6.07) is 11.0. The molecule has 0 saturated heterocycles. The normalized spacial score (nSPS) is 17.3. The van der Waals surface area contributed by atoms with Crippen LogP contribution in [0.1, 0.15) is 29.0 Å². The molecule has 4 rings (SSSR count). The van der Waals surface area contributed by atoms with Crippen molar-refractivity contribution in [3.63, 3.8) is 0 Å². The van der Waals surface area contributed by atoms with Gasteiger partial charge in [0.2, 0.25) is 5.78 Å². The van der Waals surface area contributed by atoms with Crippen LogP contribution in [0.2, 0.25) is 10.0 Å². The molecule has 0 spiro atoms. The van der Waals surface area contributed by atoms with E-state index in [1.165, 1.54) is 13.2 Å². The predicted molar refractivity (Wildman–Crippen MR) is 127 cm³/mol.